The number of amides is 2. The van der Waals surface area contributed by atoms with E-state index in [1.54, 1.807) is 11.8 Å². The molecule has 6 heteroatoms. The van der Waals surface area contributed by atoms with E-state index >= 15 is 0 Å². The van der Waals surface area contributed by atoms with Crippen molar-refractivity contribution in [2.75, 3.05) is 16.9 Å². The van der Waals surface area contributed by atoms with E-state index in [4.69, 9.17) is 0 Å². The van der Waals surface area contributed by atoms with Crippen LogP contribution in [0.25, 0.3) is 0 Å². The molecule has 1 unspecified atom stereocenters. The lowest BCUT2D eigenvalue weighted by atomic mass is 10.1. The minimum Gasteiger partial charge on any atom is -0.351 e. The zero-order valence-electron chi connectivity index (χ0n) is 12.3. The average molecular weight is 307 g/mol. The van der Waals surface area contributed by atoms with Crippen LogP contribution in [0.3, 0.4) is 0 Å². The van der Waals surface area contributed by atoms with Gasteiger partial charge in [0.1, 0.15) is 0 Å². The highest BCUT2D eigenvalue weighted by molar-refractivity contribution is 7.99. The van der Waals surface area contributed by atoms with Gasteiger partial charge >= 0.3 is 0 Å². The minimum atomic E-state index is -0.0837. The highest BCUT2D eigenvalue weighted by Crippen LogP contribution is 2.12. The highest BCUT2D eigenvalue weighted by Gasteiger charge is 2.21. The van der Waals surface area contributed by atoms with Gasteiger partial charge in [-0.1, -0.05) is 26.0 Å². The van der Waals surface area contributed by atoms with Crippen LogP contribution in [0, 0.1) is 5.92 Å². The molecule has 1 aromatic rings. The third-order valence-corrected chi connectivity index (χ3v) is 4.19. The van der Waals surface area contributed by atoms with Gasteiger partial charge in [-0.2, -0.15) is 0 Å². The van der Waals surface area contributed by atoms with Crippen molar-refractivity contribution in [3.63, 3.8) is 0 Å². The lowest BCUT2D eigenvalue weighted by molar-refractivity contribution is -0.122. The molecule has 2 rings (SSSR count). The maximum absolute atomic E-state index is 11.9. The Bertz CT molecular complexity index is 496. The molecule has 0 aromatic heterocycles. The lowest BCUT2D eigenvalue weighted by Gasteiger charge is -2.11. The van der Waals surface area contributed by atoms with E-state index in [-0.39, 0.29) is 23.8 Å². The molecular formula is C15H21N3O2S. The third-order valence-electron chi connectivity index (χ3n) is 3.25. The van der Waals surface area contributed by atoms with Crippen LogP contribution in [0.4, 0.5) is 5.69 Å². The number of hydrogen-bond acceptors (Lipinski definition) is 4. The number of nitrogens with one attached hydrogen (secondary N) is 3. The second kappa shape index (κ2) is 7.47. The van der Waals surface area contributed by atoms with Crippen LogP contribution in [0.2, 0.25) is 0 Å². The first kappa shape index (κ1) is 15.9. The van der Waals surface area contributed by atoms with Crippen LogP contribution in [0.1, 0.15) is 19.4 Å². The molecule has 0 radical (unpaired) electrons. The maximum atomic E-state index is 11.9. The third kappa shape index (κ3) is 4.75. The van der Waals surface area contributed by atoms with Gasteiger partial charge in [-0.3, -0.25) is 14.9 Å². The number of anilines is 1. The topological polar surface area (TPSA) is 70.2 Å². The summed E-state index contributed by atoms with van der Waals surface area (Å²) in [5, 5.41) is 8.89. The molecule has 0 aliphatic carbocycles. The number of hydrogen-bond donors (Lipinski definition) is 3. The van der Waals surface area contributed by atoms with E-state index in [9.17, 15) is 9.59 Å². The summed E-state index contributed by atoms with van der Waals surface area (Å²) >= 11 is 1.73. The van der Waals surface area contributed by atoms with Crippen molar-refractivity contribution in [2.45, 2.75) is 26.4 Å². The van der Waals surface area contributed by atoms with Gasteiger partial charge in [0, 0.05) is 29.8 Å². The van der Waals surface area contributed by atoms with Gasteiger partial charge in [-0.05, 0) is 17.7 Å². The van der Waals surface area contributed by atoms with Crippen molar-refractivity contribution in [3.8, 4) is 0 Å². The van der Waals surface area contributed by atoms with E-state index in [2.05, 4.69) is 16.0 Å². The second-order valence-electron chi connectivity index (χ2n) is 5.33. The summed E-state index contributed by atoms with van der Waals surface area (Å²) in [7, 11) is 0. The van der Waals surface area contributed by atoms with Gasteiger partial charge < -0.3 is 10.6 Å². The van der Waals surface area contributed by atoms with Gasteiger partial charge in [0.05, 0.1) is 6.04 Å². The van der Waals surface area contributed by atoms with Crippen molar-refractivity contribution in [1.29, 1.82) is 0 Å². The zero-order chi connectivity index (χ0) is 15.2. The summed E-state index contributed by atoms with van der Waals surface area (Å²) in [6.45, 7) is 4.21. The lowest BCUT2D eigenvalue weighted by Crippen LogP contribution is -2.41. The number of benzene rings is 1. The standard InChI is InChI=1S/C15H21N3O2S/c1-10(2)14(19)18-12-5-3-11(4-6-12)7-16-15(20)13-8-21-9-17-13/h3-6,10,13,17H,7-9H2,1-2H3,(H,16,20)(H,18,19). The smallest absolute Gasteiger partial charge is 0.238 e. The van der Waals surface area contributed by atoms with E-state index in [0.717, 1.165) is 22.9 Å². The molecule has 3 N–H and O–H groups in total. The van der Waals surface area contributed by atoms with Gasteiger partial charge in [-0.15, -0.1) is 11.8 Å². The average Bonchev–Trinajstić information content (AvgIpc) is 3.00. The van der Waals surface area contributed by atoms with Gasteiger partial charge in [0.25, 0.3) is 0 Å². The molecular weight excluding hydrogens is 286 g/mol. The van der Waals surface area contributed by atoms with Crippen LogP contribution >= 0.6 is 11.8 Å². The minimum absolute atomic E-state index is 0.000797. The highest BCUT2D eigenvalue weighted by atomic mass is 32.2. The fraction of sp³-hybridized carbons (Fsp3) is 0.467. The Morgan fingerprint density at radius 3 is 2.62 bits per heavy atom. The van der Waals surface area contributed by atoms with Crippen LogP contribution in [0.5, 0.6) is 0 Å². The first-order valence-electron chi connectivity index (χ1n) is 7.05. The second-order valence-corrected chi connectivity index (χ2v) is 6.36. The molecule has 0 saturated carbocycles. The molecule has 5 nitrogen and oxygen atoms in total. The van der Waals surface area contributed by atoms with Crippen LogP contribution in [-0.2, 0) is 16.1 Å². The van der Waals surface area contributed by atoms with Crippen molar-refractivity contribution in [1.82, 2.24) is 10.6 Å². The van der Waals surface area contributed by atoms with Crippen molar-refractivity contribution in [3.05, 3.63) is 29.8 Å². The summed E-state index contributed by atoms with van der Waals surface area (Å²) in [6, 6.07) is 7.44. The summed E-state index contributed by atoms with van der Waals surface area (Å²) in [6.07, 6.45) is 0. The van der Waals surface area contributed by atoms with Crippen molar-refractivity contribution in [2.24, 2.45) is 5.92 Å². The Morgan fingerprint density at radius 1 is 1.33 bits per heavy atom. The van der Waals surface area contributed by atoms with Crippen LogP contribution in [0.15, 0.2) is 24.3 Å². The van der Waals surface area contributed by atoms with Gasteiger partial charge in [0.15, 0.2) is 0 Å². The number of rotatable bonds is 5. The summed E-state index contributed by atoms with van der Waals surface area (Å²) in [5.74, 6) is 1.66. The van der Waals surface area contributed by atoms with E-state index in [1.807, 2.05) is 38.1 Å². The normalized spacial score (nSPS) is 17.8. The first-order valence-corrected chi connectivity index (χ1v) is 8.20. The van der Waals surface area contributed by atoms with Crippen LogP contribution < -0.4 is 16.0 Å². The van der Waals surface area contributed by atoms with Crippen LogP contribution in [-0.4, -0.2) is 29.5 Å². The van der Waals surface area contributed by atoms with E-state index in [0.29, 0.717) is 6.54 Å². The summed E-state index contributed by atoms with van der Waals surface area (Å²) < 4.78 is 0. The predicted octanol–water partition coefficient (Wildman–Crippen LogP) is 1.56. The number of carbonyl (C=O) groups excluding carboxylic acids is 2. The zero-order valence-corrected chi connectivity index (χ0v) is 13.1. The maximum Gasteiger partial charge on any atom is 0.238 e. The Morgan fingerprint density at radius 2 is 2.05 bits per heavy atom. The molecule has 1 atom stereocenters. The fourth-order valence-corrected chi connectivity index (χ4v) is 2.81. The van der Waals surface area contributed by atoms with Crippen molar-refractivity contribution < 1.29 is 9.59 Å². The SMILES string of the molecule is CC(C)C(=O)Nc1ccc(CNC(=O)C2CSCN2)cc1. The molecule has 1 fully saturated rings. The Hall–Kier alpha value is -1.53. The fourth-order valence-electron chi connectivity index (χ4n) is 1.87. The number of thioether (sulfide) groups is 1. The van der Waals surface area contributed by atoms with Gasteiger partial charge in [0.2, 0.25) is 11.8 Å². The summed E-state index contributed by atoms with van der Waals surface area (Å²) in [4.78, 5) is 23.4. The number of carbonyl (C=O) groups is 2. The summed E-state index contributed by atoms with van der Waals surface area (Å²) in [5.41, 5.74) is 1.79. The molecule has 1 heterocycles. The Labute approximate surface area is 129 Å². The Kier molecular flexibility index (Phi) is 5.64. The molecule has 1 aliphatic heterocycles. The Balaban J connectivity index is 1.82. The molecule has 21 heavy (non-hydrogen) atoms. The molecule has 114 valence electrons. The monoisotopic (exact) mass is 307 g/mol. The molecule has 1 aromatic carbocycles. The molecule has 2 amide bonds. The molecule has 1 aliphatic rings. The van der Waals surface area contributed by atoms with Crippen molar-refractivity contribution >= 4 is 29.3 Å². The molecule has 0 spiro atoms. The molecule has 1 saturated heterocycles. The quantitative estimate of drug-likeness (QED) is 0.772. The van der Waals surface area contributed by atoms with Gasteiger partial charge in [-0.25, -0.2) is 0 Å². The largest absolute Gasteiger partial charge is 0.351 e. The van der Waals surface area contributed by atoms with E-state index < -0.39 is 0 Å². The predicted molar refractivity (Wildman–Crippen MR) is 86.0 cm³/mol. The first-order chi connectivity index (χ1) is 10.1. The van der Waals surface area contributed by atoms with E-state index in [1.165, 1.54) is 0 Å². The molecule has 0 bridgehead atoms.